The van der Waals surface area contributed by atoms with Gasteiger partial charge in [-0.25, -0.2) is 0 Å². The number of hydrogen-bond donors (Lipinski definition) is 4. The molecule has 0 unspecified atom stereocenters. The molecule has 0 bridgehead atoms. The Morgan fingerprint density at radius 1 is 0.379 bits per heavy atom. The molecule has 145 valence electrons. The van der Waals surface area contributed by atoms with Gasteiger partial charge in [0.25, 0.3) is 0 Å². The predicted octanol–water partition coefficient (Wildman–Crippen LogP) is 1.39. The first-order valence-electron chi connectivity index (χ1n) is 9.33. The number of benzene rings is 4. The molecule has 4 aromatic rings. The van der Waals surface area contributed by atoms with E-state index in [1.54, 1.807) is 0 Å². The van der Waals surface area contributed by atoms with Gasteiger partial charge in [0, 0.05) is 0 Å². The fraction of sp³-hybridized carbons (Fsp3) is 0. The van der Waals surface area contributed by atoms with E-state index in [2.05, 4.69) is 48.5 Å². The molecule has 8 N–H and O–H groups in total. The van der Waals surface area contributed by atoms with Crippen LogP contribution in [0.4, 0.5) is 22.7 Å². The van der Waals surface area contributed by atoms with E-state index >= 15 is 0 Å². The van der Waals surface area contributed by atoms with E-state index in [9.17, 15) is 0 Å². The fourth-order valence-corrected chi connectivity index (χ4v) is 13.1. The average molecular weight is 443 g/mol. The van der Waals surface area contributed by atoms with Gasteiger partial charge in [-0.2, -0.15) is 0 Å². The summed E-state index contributed by atoms with van der Waals surface area (Å²) in [6.45, 7) is 0. The molecular weight excluding hydrogens is 419 g/mol. The zero-order valence-corrected chi connectivity index (χ0v) is 17.9. The van der Waals surface area contributed by atoms with Gasteiger partial charge in [-0.3, -0.25) is 0 Å². The Balaban J connectivity index is 2.19. The van der Waals surface area contributed by atoms with Gasteiger partial charge in [0.15, 0.2) is 0 Å². The molecule has 0 atom stereocenters. The van der Waals surface area contributed by atoms with Crippen LogP contribution in [0.5, 0.6) is 0 Å². The average Bonchev–Trinajstić information content (AvgIpc) is 2.69. The quantitative estimate of drug-likeness (QED) is 0.283. The fourth-order valence-electron chi connectivity index (χ4n) is 3.83. The molecule has 0 aliphatic carbocycles. The predicted molar refractivity (Wildman–Crippen MR) is 128 cm³/mol. The Labute approximate surface area is 173 Å². The van der Waals surface area contributed by atoms with Gasteiger partial charge in [0.05, 0.1) is 0 Å². The molecule has 4 nitrogen and oxygen atoms in total. The molecular formula is C24H24AsN4. The van der Waals surface area contributed by atoms with E-state index in [0.29, 0.717) is 0 Å². The van der Waals surface area contributed by atoms with Crippen molar-refractivity contribution in [3.8, 4) is 0 Å². The summed E-state index contributed by atoms with van der Waals surface area (Å²) < 4.78 is 4.74. The summed E-state index contributed by atoms with van der Waals surface area (Å²) >= 11 is -3.23. The van der Waals surface area contributed by atoms with E-state index in [-0.39, 0.29) is 0 Å². The molecule has 0 saturated heterocycles. The molecule has 1 radical (unpaired) electrons. The third kappa shape index (κ3) is 3.43. The first kappa shape index (κ1) is 19.0. The first-order valence-corrected chi connectivity index (χ1v) is 13.1. The molecule has 0 spiro atoms. The zero-order chi connectivity index (χ0) is 20.4. The number of hydrogen-bond acceptors (Lipinski definition) is 4. The van der Waals surface area contributed by atoms with Crippen molar-refractivity contribution in [1.29, 1.82) is 0 Å². The topological polar surface area (TPSA) is 104 Å². The Bertz CT molecular complexity index is 985. The zero-order valence-electron chi connectivity index (χ0n) is 16.0. The standard InChI is InChI=1S/C24H24AsN4/c26-21-9-1-5-17(13-21)25(18-6-2-10-22(27)14-18,19-7-3-11-23(28)15-19)20-8-4-12-24(29)16-20/h1-16H,26-29H2. The van der Waals surface area contributed by atoms with E-state index in [0.717, 1.165) is 22.7 Å². The summed E-state index contributed by atoms with van der Waals surface area (Å²) in [4.78, 5) is 0. The van der Waals surface area contributed by atoms with Gasteiger partial charge in [0.1, 0.15) is 0 Å². The van der Waals surface area contributed by atoms with Crippen molar-refractivity contribution in [3.63, 3.8) is 0 Å². The van der Waals surface area contributed by atoms with Crippen LogP contribution in [0.15, 0.2) is 97.1 Å². The molecule has 0 fully saturated rings. The van der Waals surface area contributed by atoms with Crippen LogP contribution < -0.4 is 40.3 Å². The van der Waals surface area contributed by atoms with Gasteiger partial charge >= 0.3 is 174 Å². The van der Waals surface area contributed by atoms with Crippen LogP contribution in [-0.4, -0.2) is 13.6 Å². The Hall–Kier alpha value is -3.36. The molecule has 4 aromatic carbocycles. The molecule has 0 heterocycles. The van der Waals surface area contributed by atoms with Gasteiger partial charge in [-0.05, 0) is 0 Å². The van der Waals surface area contributed by atoms with Crippen LogP contribution in [-0.2, 0) is 0 Å². The SMILES string of the molecule is Nc1cccc([As](c2cccc(N)c2)(c2cccc(N)c2)c2cccc(N)c2)c1. The van der Waals surface area contributed by atoms with E-state index < -0.39 is 13.6 Å². The summed E-state index contributed by atoms with van der Waals surface area (Å²) in [6, 6.07) is 32.6. The van der Waals surface area contributed by atoms with Gasteiger partial charge in [-0.15, -0.1) is 0 Å². The van der Waals surface area contributed by atoms with Crippen molar-refractivity contribution in [2.45, 2.75) is 0 Å². The van der Waals surface area contributed by atoms with Crippen LogP contribution in [0.3, 0.4) is 0 Å². The summed E-state index contributed by atoms with van der Waals surface area (Å²) in [7, 11) is 0. The van der Waals surface area contributed by atoms with Crippen LogP contribution >= 0.6 is 0 Å². The summed E-state index contributed by atoms with van der Waals surface area (Å²) in [5.41, 5.74) is 27.8. The van der Waals surface area contributed by atoms with Gasteiger partial charge in [-0.1, -0.05) is 0 Å². The maximum atomic E-state index is 6.23. The summed E-state index contributed by atoms with van der Waals surface area (Å²) in [5, 5.41) is 0. The van der Waals surface area contributed by atoms with Gasteiger partial charge in [0.2, 0.25) is 0 Å². The molecule has 0 saturated carbocycles. The minimum atomic E-state index is -3.23. The monoisotopic (exact) mass is 443 g/mol. The molecule has 0 aromatic heterocycles. The minimum absolute atomic E-state index is 0.727. The molecule has 29 heavy (non-hydrogen) atoms. The summed E-state index contributed by atoms with van der Waals surface area (Å²) in [6.07, 6.45) is 0. The second-order valence-corrected chi connectivity index (χ2v) is 14.2. The van der Waals surface area contributed by atoms with Crippen molar-refractivity contribution < 1.29 is 0 Å². The number of nitrogens with two attached hydrogens (primary N) is 4. The second kappa shape index (κ2) is 7.57. The van der Waals surface area contributed by atoms with Gasteiger partial charge < -0.3 is 0 Å². The van der Waals surface area contributed by atoms with E-state index in [1.165, 1.54) is 17.4 Å². The van der Waals surface area contributed by atoms with Crippen molar-refractivity contribution >= 4 is 53.7 Å². The first-order chi connectivity index (χ1) is 14.0. The van der Waals surface area contributed by atoms with Crippen LogP contribution in [0.25, 0.3) is 0 Å². The van der Waals surface area contributed by atoms with Crippen molar-refractivity contribution in [2.75, 3.05) is 22.9 Å². The molecule has 0 amide bonds. The number of rotatable bonds is 4. The Morgan fingerprint density at radius 2 is 0.621 bits per heavy atom. The Kier molecular flexibility index (Phi) is 4.96. The molecule has 4 rings (SSSR count). The van der Waals surface area contributed by atoms with Crippen LogP contribution in [0.2, 0.25) is 0 Å². The van der Waals surface area contributed by atoms with Crippen LogP contribution in [0.1, 0.15) is 0 Å². The maximum absolute atomic E-state index is 6.23. The van der Waals surface area contributed by atoms with Crippen molar-refractivity contribution in [2.24, 2.45) is 0 Å². The van der Waals surface area contributed by atoms with Crippen molar-refractivity contribution in [1.82, 2.24) is 0 Å². The molecule has 5 heteroatoms. The number of anilines is 4. The van der Waals surface area contributed by atoms with Crippen LogP contribution in [0, 0.1) is 0 Å². The normalized spacial score (nSPS) is 11.3. The number of nitrogen functional groups attached to an aromatic ring is 4. The van der Waals surface area contributed by atoms with E-state index in [1.807, 2.05) is 48.5 Å². The third-order valence-corrected chi connectivity index (χ3v) is 13.9. The third-order valence-electron chi connectivity index (χ3n) is 5.03. The summed E-state index contributed by atoms with van der Waals surface area (Å²) in [5.74, 6) is 0. The Morgan fingerprint density at radius 3 is 0.828 bits per heavy atom. The van der Waals surface area contributed by atoms with Crippen molar-refractivity contribution in [3.05, 3.63) is 97.1 Å². The van der Waals surface area contributed by atoms with E-state index in [4.69, 9.17) is 22.9 Å². The second-order valence-electron chi connectivity index (χ2n) is 7.05. The molecule has 0 aliphatic heterocycles. The molecule has 0 aliphatic rings.